The lowest BCUT2D eigenvalue weighted by Gasteiger charge is -2.10. The normalized spacial score (nSPS) is 21.0. The van der Waals surface area contributed by atoms with Gasteiger partial charge in [0, 0.05) is 0 Å². The molecule has 1 nitrogen and oxygen atoms in total. The molecule has 74 valence electrons. The molecule has 1 aliphatic heterocycles. The number of hydrogen-bond acceptors (Lipinski definition) is 1. The first-order chi connectivity index (χ1) is 6.90. The third kappa shape index (κ3) is 2.05. The van der Waals surface area contributed by atoms with E-state index in [9.17, 15) is 0 Å². The molecule has 1 aromatic rings. The fourth-order valence-electron chi connectivity index (χ4n) is 2.12. The smallest absolute Gasteiger partial charge is 0.00169 e. The molecule has 14 heavy (non-hydrogen) atoms. The molecule has 2 rings (SSSR count). The molecule has 1 aromatic carbocycles. The number of rotatable bonds is 3. The summed E-state index contributed by atoms with van der Waals surface area (Å²) in [6, 6.07) is 8.55. The lowest BCUT2D eigenvalue weighted by atomic mass is 9.95. The zero-order chi connectivity index (χ0) is 9.80. The molecule has 0 bridgehead atoms. The molecule has 1 heteroatoms. The van der Waals surface area contributed by atoms with Gasteiger partial charge >= 0.3 is 0 Å². The molecule has 0 aliphatic carbocycles. The first-order valence-corrected chi connectivity index (χ1v) is 5.31. The summed E-state index contributed by atoms with van der Waals surface area (Å²) in [5.41, 5.74) is 2.73. The highest BCUT2D eigenvalue weighted by molar-refractivity contribution is 5.51. The van der Waals surface area contributed by atoms with Gasteiger partial charge < -0.3 is 5.32 Å². The van der Waals surface area contributed by atoms with E-state index in [2.05, 4.69) is 36.2 Å². The van der Waals surface area contributed by atoms with Crippen LogP contribution in [0, 0.1) is 5.92 Å². The number of benzene rings is 1. The molecule has 0 saturated carbocycles. The highest BCUT2D eigenvalue weighted by atomic mass is 14.9. The van der Waals surface area contributed by atoms with Crippen LogP contribution in [0.5, 0.6) is 0 Å². The molecule has 1 fully saturated rings. The Morgan fingerprint density at radius 3 is 3.00 bits per heavy atom. The fourth-order valence-corrected chi connectivity index (χ4v) is 2.12. The monoisotopic (exact) mass is 187 g/mol. The summed E-state index contributed by atoms with van der Waals surface area (Å²) in [6.07, 6.45) is 4.46. The first-order valence-electron chi connectivity index (χ1n) is 5.31. The second kappa shape index (κ2) is 4.43. The number of nitrogens with one attached hydrogen (secondary N) is 1. The molecule has 0 aromatic heterocycles. The van der Waals surface area contributed by atoms with Crippen LogP contribution >= 0.6 is 0 Å². The Morgan fingerprint density at radius 1 is 1.43 bits per heavy atom. The van der Waals surface area contributed by atoms with Gasteiger partial charge in [-0.05, 0) is 43.0 Å². The van der Waals surface area contributed by atoms with Crippen LogP contribution in [0.4, 0.5) is 0 Å². The van der Waals surface area contributed by atoms with E-state index in [1.54, 1.807) is 0 Å². The second-order valence-corrected chi connectivity index (χ2v) is 3.97. The predicted molar refractivity (Wildman–Crippen MR) is 61.2 cm³/mol. The highest BCUT2D eigenvalue weighted by Gasteiger charge is 2.15. The Balaban J connectivity index is 2.10. The minimum absolute atomic E-state index is 0.816. The van der Waals surface area contributed by atoms with Gasteiger partial charge in [-0.2, -0.15) is 0 Å². The summed E-state index contributed by atoms with van der Waals surface area (Å²) < 4.78 is 0. The first kappa shape index (κ1) is 9.47. The molecule has 1 aliphatic rings. The second-order valence-electron chi connectivity index (χ2n) is 3.97. The van der Waals surface area contributed by atoms with Gasteiger partial charge in [0.25, 0.3) is 0 Å². The molecule has 1 saturated heterocycles. The van der Waals surface area contributed by atoms with E-state index in [0.717, 1.165) is 5.92 Å². The molecule has 0 radical (unpaired) electrons. The fraction of sp³-hybridized carbons (Fsp3) is 0.385. The van der Waals surface area contributed by atoms with E-state index in [1.165, 1.54) is 37.1 Å². The molecule has 0 amide bonds. The van der Waals surface area contributed by atoms with Crippen LogP contribution in [0.3, 0.4) is 0 Å². The van der Waals surface area contributed by atoms with E-state index in [0.29, 0.717) is 0 Å². The van der Waals surface area contributed by atoms with Gasteiger partial charge in [-0.25, -0.2) is 0 Å². The van der Waals surface area contributed by atoms with Crippen LogP contribution in [0.25, 0.3) is 6.08 Å². The maximum atomic E-state index is 3.85. The van der Waals surface area contributed by atoms with E-state index in [4.69, 9.17) is 0 Å². The lowest BCUT2D eigenvalue weighted by molar-refractivity contribution is 0.580. The lowest BCUT2D eigenvalue weighted by Crippen LogP contribution is -2.11. The van der Waals surface area contributed by atoms with Crippen LogP contribution in [0.1, 0.15) is 17.5 Å². The minimum atomic E-state index is 0.816. The van der Waals surface area contributed by atoms with Gasteiger partial charge in [0.1, 0.15) is 0 Å². The summed E-state index contributed by atoms with van der Waals surface area (Å²) >= 11 is 0. The maximum Gasteiger partial charge on any atom is -0.00169 e. The van der Waals surface area contributed by atoms with Gasteiger partial charge in [0.05, 0.1) is 0 Å². The van der Waals surface area contributed by atoms with Crippen LogP contribution in [0.2, 0.25) is 0 Å². The third-order valence-corrected chi connectivity index (χ3v) is 2.95. The summed E-state index contributed by atoms with van der Waals surface area (Å²) in [5, 5.41) is 3.40. The van der Waals surface area contributed by atoms with Gasteiger partial charge in [0.15, 0.2) is 0 Å². The van der Waals surface area contributed by atoms with Crippen molar-refractivity contribution < 1.29 is 0 Å². The molecule has 1 unspecified atom stereocenters. The summed E-state index contributed by atoms with van der Waals surface area (Å²) in [5.74, 6) is 0.816. The standard InChI is InChI=1S/C13H17N/c1-2-12-5-3-4-6-13(12)9-11-7-8-14-10-11/h2-6,11,14H,1,7-10H2. The Morgan fingerprint density at radius 2 is 2.29 bits per heavy atom. The Bertz CT molecular complexity index is 311. The number of hydrogen-bond donors (Lipinski definition) is 1. The van der Waals surface area contributed by atoms with Gasteiger partial charge in [0.2, 0.25) is 0 Å². The van der Waals surface area contributed by atoms with E-state index in [1.807, 2.05) is 6.08 Å². The average molecular weight is 187 g/mol. The molecular weight excluding hydrogens is 170 g/mol. The van der Waals surface area contributed by atoms with E-state index >= 15 is 0 Å². The van der Waals surface area contributed by atoms with Crippen molar-refractivity contribution in [3.8, 4) is 0 Å². The summed E-state index contributed by atoms with van der Waals surface area (Å²) in [7, 11) is 0. The van der Waals surface area contributed by atoms with Crippen molar-refractivity contribution in [3.63, 3.8) is 0 Å². The quantitative estimate of drug-likeness (QED) is 0.766. The van der Waals surface area contributed by atoms with Gasteiger partial charge in [-0.3, -0.25) is 0 Å². The Hall–Kier alpha value is -1.08. The van der Waals surface area contributed by atoms with Crippen LogP contribution in [0.15, 0.2) is 30.8 Å². The van der Waals surface area contributed by atoms with Crippen LogP contribution in [-0.4, -0.2) is 13.1 Å². The Labute approximate surface area is 85.8 Å². The van der Waals surface area contributed by atoms with Gasteiger partial charge in [-0.15, -0.1) is 0 Å². The van der Waals surface area contributed by atoms with E-state index in [-0.39, 0.29) is 0 Å². The zero-order valence-corrected chi connectivity index (χ0v) is 8.50. The Kier molecular flexibility index (Phi) is 3.00. The van der Waals surface area contributed by atoms with E-state index < -0.39 is 0 Å². The van der Waals surface area contributed by atoms with Crippen molar-refractivity contribution in [1.29, 1.82) is 0 Å². The van der Waals surface area contributed by atoms with Crippen molar-refractivity contribution in [3.05, 3.63) is 42.0 Å². The van der Waals surface area contributed by atoms with Crippen molar-refractivity contribution in [1.82, 2.24) is 5.32 Å². The largest absolute Gasteiger partial charge is 0.316 e. The van der Waals surface area contributed by atoms with Crippen molar-refractivity contribution in [2.75, 3.05) is 13.1 Å². The predicted octanol–water partition coefficient (Wildman–Crippen LogP) is 2.48. The topological polar surface area (TPSA) is 12.0 Å². The maximum absolute atomic E-state index is 3.85. The van der Waals surface area contributed by atoms with Gasteiger partial charge in [-0.1, -0.05) is 36.9 Å². The van der Waals surface area contributed by atoms with Crippen molar-refractivity contribution in [2.45, 2.75) is 12.8 Å². The molecule has 1 heterocycles. The zero-order valence-electron chi connectivity index (χ0n) is 8.50. The third-order valence-electron chi connectivity index (χ3n) is 2.95. The summed E-state index contributed by atoms with van der Waals surface area (Å²) in [4.78, 5) is 0. The highest BCUT2D eigenvalue weighted by Crippen LogP contribution is 2.18. The molecule has 1 atom stereocenters. The molecule has 0 spiro atoms. The average Bonchev–Trinajstić information content (AvgIpc) is 2.71. The SMILES string of the molecule is C=Cc1ccccc1CC1CCNC1. The van der Waals surface area contributed by atoms with Crippen LogP contribution < -0.4 is 5.32 Å². The minimum Gasteiger partial charge on any atom is -0.316 e. The molecule has 1 N–H and O–H groups in total. The molecular formula is C13H17N. The van der Waals surface area contributed by atoms with Crippen molar-refractivity contribution >= 4 is 6.08 Å². The van der Waals surface area contributed by atoms with Crippen LogP contribution in [-0.2, 0) is 6.42 Å². The van der Waals surface area contributed by atoms with Crippen molar-refractivity contribution in [2.24, 2.45) is 5.92 Å². The summed E-state index contributed by atoms with van der Waals surface area (Å²) in [6.45, 7) is 6.20.